The van der Waals surface area contributed by atoms with Gasteiger partial charge in [-0.1, -0.05) is 240 Å². The smallest absolute Gasteiger partial charge is 0.306 e. The van der Waals surface area contributed by atoms with E-state index < -0.39 is 6.10 Å². The van der Waals surface area contributed by atoms with Crippen molar-refractivity contribution in [1.82, 2.24) is 0 Å². The van der Waals surface area contributed by atoms with Crippen LogP contribution in [0, 0.1) is 11.8 Å². The highest BCUT2D eigenvalue weighted by molar-refractivity contribution is 5.71. The third-order valence-electron chi connectivity index (χ3n) is 11.5. The summed E-state index contributed by atoms with van der Waals surface area (Å²) in [6.07, 6.45) is 44.1. The minimum absolute atomic E-state index is 0.0647. The summed E-state index contributed by atoms with van der Waals surface area (Å²) >= 11 is 0. The fourth-order valence-corrected chi connectivity index (χ4v) is 7.64. The van der Waals surface area contributed by atoms with Crippen LogP contribution < -0.4 is 0 Å². The van der Waals surface area contributed by atoms with Crippen LogP contribution in [-0.4, -0.2) is 37.2 Å². The highest BCUT2D eigenvalue weighted by Crippen LogP contribution is 2.17. The van der Waals surface area contributed by atoms with Crippen molar-refractivity contribution in [3.63, 3.8) is 0 Å². The van der Waals surface area contributed by atoms with Crippen LogP contribution in [0.25, 0.3) is 0 Å². The second-order valence-corrected chi connectivity index (χ2v) is 18.4. The number of hydrogen-bond acceptors (Lipinski definition) is 6. The molecule has 0 saturated heterocycles. The maximum atomic E-state index is 12.7. The molecule has 0 aliphatic carbocycles. The molecule has 0 bridgehead atoms. The van der Waals surface area contributed by atoms with Crippen LogP contribution in [0.4, 0.5) is 0 Å². The van der Waals surface area contributed by atoms with Crippen LogP contribution in [0.5, 0.6) is 0 Å². The van der Waals surface area contributed by atoms with Gasteiger partial charge >= 0.3 is 17.9 Å². The maximum Gasteiger partial charge on any atom is 0.306 e. The summed E-state index contributed by atoms with van der Waals surface area (Å²) in [6, 6.07) is 0. The molecule has 6 heteroatoms. The average molecular weight is 807 g/mol. The lowest BCUT2D eigenvalue weighted by atomic mass is 10.0. The van der Waals surface area contributed by atoms with Gasteiger partial charge in [0, 0.05) is 19.3 Å². The maximum absolute atomic E-state index is 12.7. The molecule has 0 unspecified atom stereocenters. The number of rotatable bonds is 45. The summed E-state index contributed by atoms with van der Waals surface area (Å²) in [6.45, 7) is 11.3. The predicted octanol–water partition coefficient (Wildman–Crippen LogP) is 16.1. The van der Waals surface area contributed by atoms with Gasteiger partial charge < -0.3 is 14.2 Å². The Morgan fingerprint density at radius 2 is 0.579 bits per heavy atom. The van der Waals surface area contributed by atoms with Crippen molar-refractivity contribution in [2.75, 3.05) is 13.2 Å². The second kappa shape index (κ2) is 44.0. The van der Waals surface area contributed by atoms with Crippen molar-refractivity contribution in [3.8, 4) is 0 Å². The molecular weight excluding hydrogens is 709 g/mol. The Kier molecular flexibility index (Phi) is 42.7. The van der Waals surface area contributed by atoms with E-state index in [1.807, 2.05) is 0 Å². The topological polar surface area (TPSA) is 78.9 Å². The average Bonchev–Trinajstić information content (AvgIpc) is 3.18. The van der Waals surface area contributed by atoms with Gasteiger partial charge in [-0.25, -0.2) is 0 Å². The van der Waals surface area contributed by atoms with Gasteiger partial charge in [0.15, 0.2) is 6.10 Å². The van der Waals surface area contributed by atoms with Crippen LogP contribution in [0.15, 0.2) is 0 Å². The van der Waals surface area contributed by atoms with Crippen LogP contribution in [0.1, 0.15) is 279 Å². The van der Waals surface area contributed by atoms with Gasteiger partial charge in [0.2, 0.25) is 0 Å². The van der Waals surface area contributed by atoms with Gasteiger partial charge in [-0.3, -0.25) is 14.4 Å². The van der Waals surface area contributed by atoms with Gasteiger partial charge in [0.05, 0.1) is 0 Å². The standard InChI is InChI=1S/C51H98O6/c1-6-7-8-29-36-41-49(52)55-44-48(57-51(54)43-38-33-28-24-20-16-12-10-14-18-22-26-31-35-40-47(4)5)45-56-50(53)42-37-32-27-23-19-15-11-9-13-17-21-25-30-34-39-46(2)3/h46-48H,6-45H2,1-5H3/t48-/m1/s1. The molecule has 0 saturated carbocycles. The molecule has 0 N–H and O–H groups in total. The van der Waals surface area contributed by atoms with Gasteiger partial charge in [-0.2, -0.15) is 0 Å². The lowest BCUT2D eigenvalue weighted by Crippen LogP contribution is -2.30. The Hall–Kier alpha value is -1.59. The Balaban J connectivity index is 4.12. The van der Waals surface area contributed by atoms with E-state index in [9.17, 15) is 14.4 Å². The van der Waals surface area contributed by atoms with Crippen molar-refractivity contribution >= 4 is 17.9 Å². The van der Waals surface area contributed by atoms with Crippen LogP contribution >= 0.6 is 0 Å². The SMILES string of the molecule is CCCCCCCC(=O)OC[C@H](COC(=O)CCCCCCCCCCCCCCCCC(C)C)OC(=O)CCCCCCCCCCCCCCCCC(C)C. The van der Waals surface area contributed by atoms with E-state index in [0.717, 1.165) is 76.0 Å². The van der Waals surface area contributed by atoms with Gasteiger partial charge in [-0.05, 0) is 31.1 Å². The molecular formula is C51H98O6. The van der Waals surface area contributed by atoms with E-state index in [2.05, 4.69) is 34.6 Å². The van der Waals surface area contributed by atoms with Crippen LogP contribution in [-0.2, 0) is 28.6 Å². The molecule has 0 aromatic heterocycles. The first-order valence-corrected chi connectivity index (χ1v) is 25.2. The molecule has 0 rings (SSSR count). The predicted molar refractivity (Wildman–Crippen MR) is 243 cm³/mol. The third-order valence-corrected chi connectivity index (χ3v) is 11.5. The summed E-state index contributed by atoms with van der Waals surface area (Å²) in [5, 5.41) is 0. The largest absolute Gasteiger partial charge is 0.462 e. The number of carbonyl (C=O) groups is 3. The van der Waals surface area contributed by atoms with Crippen molar-refractivity contribution in [2.45, 2.75) is 285 Å². The Morgan fingerprint density at radius 1 is 0.333 bits per heavy atom. The molecule has 0 fully saturated rings. The third kappa shape index (κ3) is 45.3. The Bertz CT molecular complexity index is 870. The van der Waals surface area contributed by atoms with Gasteiger partial charge in [-0.15, -0.1) is 0 Å². The molecule has 0 heterocycles. The fraction of sp³-hybridized carbons (Fsp3) is 0.941. The summed E-state index contributed by atoms with van der Waals surface area (Å²) < 4.78 is 16.7. The molecule has 1 atom stereocenters. The zero-order valence-corrected chi connectivity index (χ0v) is 39.0. The van der Waals surface area contributed by atoms with Crippen LogP contribution in [0.2, 0.25) is 0 Å². The van der Waals surface area contributed by atoms with Gasteiger partial charge in [0.25, 0.3) is 0 Å². The molecule has 0 spiro atoms. The monoisotopic (exact) mass is 807 g/mol. The summed E-state index contributed by atoms with van der Waals surface area (Å²) in [4.78, 5) is 37.6. The summed E-state index contributed by atoms with van der Waals surface area (Å²) in [7, 11) is 0. The molecule has 0 amide bonds. The highest BCUT2D eigenvalue weighted by Gasteiger charge is 2.19. The molecule has 0 aromatic rings. The summed E-state index contributed by atoms with van der Waals surface area (Å²) in [5.41, 5.74) is 0. The zero-order valence-electron chi connectivity index (χ0n) is 39.0. The first-order valence-electron chi connectivity index (χ1n) is 25.2. The van der Waals surface area contributed by atoms with Crippen molar-refractivity contribution < 1.29 is 28.6 Å². The second-order valence-electron chi connectivity index (χ2n) is 18.4. The van der Waals surface area contributed by atoms with Gasteiger partial charge in [0.1, 0.15) is 13.2 Å². The minimum Gasteiger partial charge on any atom is -0.462 e. The highest BCUT2D eigenvalue weighted by atomic mass is 16.6. The number of carbonyl (C=O) groups excluding carboxylic acids is 3. The first-order chi connectivity index (χ1) is 27.7. The van der Waals surface area contributed by atoms with Crippen molar-refractivity contribution in [1.29, 1.82) is 0 Å². The molecule has 0 radical (unpaired) electrons. The van der Waals surface area contributed by atoms with E-state index in [-0.39, 0.29) is 31.1 Å². The van der Waals surface area contributed by atoms with E-state index >= 15 is 0 Å². The zero-order chi connectivity index (χ0) is 41.9. The lowest BCUT2D eigenvalue weighted by molar-refractivity contribution is -0.167. The molecule has 0 aliphatic rings. The summed E-state index contributed by atoms with van der Waals surface area (Å²) in [5.74, 6) is 0.825. The van der Waals surface area contributed by atoms with Crippen LogP contribution in [0.3, 0.4) is 0 Å². The number of hydrogen-bond donors (Lipinski definition) is 0. The minimum atomic E-state index is -0.759. The number of ether oxygens (including phenoxy) is 3. The Labute approximate surface area is 355 Å². The normalized spacial score (nSPS) is 12.1. The van der Waals surface area contributed by atoms with E-state index in [0.29, 0.717) is 19.3 Å². The molecule has 338 valence electrons. The van der Waals surface area contributed by atoms with Crippen molar-refractivity contribution in [3.05, 3.63) is 0 Å². The molecule has 0 aromatic carbocycles. The number of unbranched alkanes of at least 4 members (excludes halogenated alkanes) is 30. The fourth-order valence-electron chi connectivity index (χ4n) is 7.64. The molecule has 0 aliphatic heterocycles. The quantitative estimate of drug-likeness (QED) is 0.0346. The lowest BCUT2D eigenvalue weighted by Gasteiger charge is -2.18. The van der Waals surface area contributed by atoms with E-state index in [1.54, 1.807) is 0 Å². The molecule has 6 nitrogen and oxygen atoms in total. The molecule has 57 heavy (non-hydrogen) atoms. The first kappa shape index (κ1) is 55.4. The van der Waals surface area contributed by atoms with E-state index in [4.69, 9.17) is 14.2 Å². The Morgan fingerprint density at radius 3 is 0.860 bits per heavy atom. The van der Waals surface area contributed by atoms with Crippen molar-refractivity contribution in [2.24, 2.45) is 11.8 Å². The number of esters is 3. The van der Waals surface area contributed by atoms with E-state index in [1.165, 1.54) is 161 Å².